The van der Waals surface area contributed by atoms with Gasteiger partial charge in [0.15, 0.2) is 23.3 Å². The maximum Gasteiger partial charge on any atom is 0.294 e. The summed E-state index contributed by atoms with van der Waals surface area (Å²) in [6, 6.07) is 25.5. The summed E-state index contributed by atoms with van der Waals surface area (Å²) in [6.45, 7) is 0. The van der Waals surface area contributed by atoms with Gasteiger partial charge >= 0.3 is 0 Å². The Morgan fingerprint density at radius 1 is 0.533 bits per heavy atom. The molecule has 8 bridgehead atoms. The van der Waals surface area contributed by atoms with Gasteiger partial charge in [-0.05, 0) is 12.1 Å². The van der Waals surface area contributed by atoms with Crippen molar-refractivity contribution in [2.45, 2.75) is 4.90 Å². The lowest BCUT2D eigenvalue weighted by Gasteiger charge is -2.00. The molecule has 0 fully saturated rings. The van der Waals surface area contributed by atoms with E-state index in [4.69, 9.17) is 41.5 Å². The number of hydrogen-bond donors (Lipinski definition) is 3. The van der Waals surface area contributed by atoms with E-state index in [0.717, 1.165) is 33.0 Å². The Balaban J connectivity index is 1.52. The zero-order valence-electron chi connectivity index (χ0n) is 22.8. The van der Waals surface area contributed by atoms with Crippen molar-refractivity contribution in [3.63, 3.8) is 0 Å². The van der Waals surface area contributed by atoms with Gasteiger partial charge in [-0.2, -0.15) is 8.42 Å². The molecule has 216 valence electrons. The molecule has 7 aromatic rings. The van der Waals surface area contributed by atoms with Crippen molar-refractivity contribution in [3.05, 3.63) is 90.0 Å². The van der Waals surface area contributed by atoms with Gasteiger partial charge in [0.05, 0.1) is 9.92 Å². The van der Waals surface area contributed by atoms with Crippen LogP contribution < -0.4 is 0 Å². The normalized spacial score (nSPS) is 12.4. The Morgan fingerprint density at radius 2 is 0.933 bits per heavy atom. The topological polar surface area (TPSA) is 163 Å². The molecule has 0 radical (unpaired) electrons. The molecule has 0 amide bonds. The van der Waals surface area contributed by atoms with Crippen LogP contribution in [0.3, 0.4) is 0 Å². The third kappa shape index (κ3) is 3.97. The predicted molar refractivity (Wildman–Crippen MR) is 171 cm³/mol. The minimum absolute atomic E-state index is 0.0522. The lowest BCUT2D eigenvalue weighted by Crippen LogP contribution is -1.97. The third-order valence-electron chi connectivity index (χ3n) is 7.88. The lowest BCUT2D eigenvalue weighted by atomic mass is 10.1. The monoisotopic (exact) mass is 628 g/mol. The Morgan fingerprint density at radius 3 is 1.40 bits per heavy atom. The van der Waals surface area contributed by atoms with E-state index in [2.05, 4.69) is 9.97 Å². The average molecular weight is 629 g/mol. The lowest BCUT2D eigenvalue weighted by molar-refractivity contribution is 0.483. The molecular formula is C32H17ClN8O3S. The van der Waals surface area contributed by atoms with Gasteiger partial charge in [-0.1, -0.05) is 84.4 Å². The molecule has 0 saturated carbocycles. The van der Waals surface area contributed by atoms with Gasteiger partial charge in [0.1, 0.15) is 22.6 Å². The molecule has 13 heteroatoms. The fourth-order valence-electron chi connectivity index (χ4n) is 5.84. The van der Waals surface area contributed by atoms with Crippen LogP contribution in [0.25, 0.3) is 89.7 Å². The van der Waals surface area contributed by atoms with Crippen molar-refractivity contribution in [1.29, 1.82) is 0 Å². The van der Waals surface area contributed by atoms with Crippen LogP contribution in [0.2, 0.25) is 5.02 Å². The highest BCUT2D eigenvalue weighted by Crippen LogP contribution is 2.38. The minimum Gasteiger partial charge on any atom is -0.324 e. The van der Waals surface area contributed by atoms with Gasteiger partial charge in [-0.25, -0.2) is 29.9 Å². The van der Waals surface area contributed by atoms with Crippen LogP contribution in [-0.4, -0.2) is 52.8 Å². The van der Waals surface area contributed by atoms with Gasteiger partial charge in [0.2, 0.25) is 0 Å². The summed E-state index contributed by atoms with van der Waals surface area (Å²) < 4.78 is 34.2. The highest BCUT2D eigenvalue weighted by atomic mass is 35.5. The molecule has 0 atom stereocenters. The highest BCUT2D eigenvalue weighted by molar-refractivity contribution is 7.85. The van der Waals surface area contributed by atoms with Crippen molar-refractivity contribution in [2.24, 2.45) is 0 Å². The van der Waals surface area contributed by atoms with Crippen molar-refractivity contribution >= 4 is 65.9 Å². The number of halogens is 1. The molecule has 3 aromatic heterocycles. The fraction of sp³-hybridized carbons (Fsp3) is 0. The van der Waals surface area contributed by atoms with Crippen LogP contribution in [-0.2, 0) is 10.1 Å². The van der Waals surface area contributed by atoms with E-state index in [0.29, 0.717) is 51.0 Å². The number of benzene rings is 4. The van der Waals surface area contributed by atoms with Crippen LogP contribution >= 0.6 is 11.6 Å². The Labute approximate surface area is 258 Å². The molecule has 3 N–H and O–H groups in total. The molecule has 0 spiro atoms. The summed E-state index contributed by atoms with van der Waals surface area (Å²) in [5, 5.41) is 2.50. The fourth-order valence-corrected chi connectivity index (χ4v) is 6.75. The first kappa shape index (κ1) is 25.9. The summed E-state index contributed by atoms with van der Waals surface area (Å²) in [4.78, 5) is 35.4. The molecule has 0 saturated heterocycles. The number of aromatic nitrogens is 8. The van der Waals surface area contributed by atoms with Crippen LogP contribution in [0.5, 0.6) is 0 Å². The molecule has 45 heavy (non-hydrogen) atoms. The summed E-state index contributed by atoms with van der Waals surface area (Å²) in [5.41, 5.74) is 4.73. The van der Waals surface area contributed by atoms with E-state index in [1.165, 1.54) is 12.1 Å². The first-order valence-corrected chi connectivity index (χ1v) is 15.5. The van der Waals surface area contributed by atoms with E-state index in [-0.39, 0.29) is 15.6 Å². The SMILES string of the molecule is O=S(=O)(O)c1cc(Cl)c2c3nc4nc(nc5[nH]c(nc6nc(nc([nH]3)c2c1)-c1ccccc1-6)c1ccccc51)-c1ccccc1-4. The van der Waals surface area contributed by atoms with Crippen LogP contribution in [0.15, 0.2) is 89.8 Å². The van der Waals surface area contributed by atoms with Gasteiger partial charge in [-0.15, -0.1) is 0 Å². The van der Waals surface area contributed by atoms with Gasteiger partial charge in [0.25, 0.3) is 10.1 Å². The molecule has 9 rings (SSSR count). The highest BCUT2D eigenvalue weighted by Gasteiger charge is 2.23. The second kappa shape index (κ2) is 9.22. The van der Waals surface area contributed by atoms with Crippen molar-refractivity contribution in [2.75, 3.05) is 0 Å². The largest absolute Gasteiger partial charge is 0.324 e. The quantitative estimate of drug-likeness (QED) is 0.166. The Hall–Kier alpha value is -5.56. The predicted octanol–water partition coefficient (Wildman–Crippen LogP) is 6.77. The van der Waals surface area contributed by atoms with Gasteiger partial charge < -0.3 is 9.97 Å². The van der Waals surface area contributed by atoms with E-state index in [1.807, 2.05) is 72.8 Å². The first-order valence-electron chi connectivity index (χ1n) is 13.7. The number of fused-ring (bicyclic) bond motifs is 20. The number of nitrogens with one attached hydrogen (secondary N) is 2. The van der Waals surface area contributed by atoms with E-state index < -0.39 is 10.1 Å². The second-order valence-corrected chi connectivity index (χ2v) is 12.4. The molecule has 4 aromatic carbocycles. The number of nitrogens with zero attached hydrogens (tertiary/aromatic N) is 6. The second-order valence-electron chi connectivity index (χ2n) is 10.5. The smallest absolute Gasteiger partial charge is 0.294 e. The number of rotatable bonds is 1. The Bertz CT molecular complexity index is 2720. The zero-order valence-corrected chi connectivity index (χ0v) is 24.4. The van der Waals surface area contributed by atoms with Crippen LogP contribution in [0.4, 0.5) is 0 Å². The summed E-state index contributed by atoms with van der Waals surface area (Å²) in [7, 11) is -4.58. The average Bonchev–Trinajstić information content (AvgIpc) is 3.76. The van der Waals surface area contributed by atoms with E-state index in [1.54, 1.807) is 0 Å². The van der Waals surface area contributed by atoms with Crippen molar-refractivity contribution < 1.29 is 13.0 Å². The van der Waals surface area contributed by atoms with E-state index in [9.17, 15) is 13.0 Å². The van der Waals surface area contributed by atoms with Crippen LogP contribution in [0.1, 0.15) is 0 Å². The van der Waals surface area contributed by atoms with Gasteiger partial charge in [0, 0.05) is 43.8 Å². The number of H-pyrrole nitrogens is 2. The number of hydrogen-bond acceptors (Lipinski definition) is 8. The molecule has 2 aliphatic heterocycles. The maximum absolute atomic E-state index is 12.2. The van der Waals surface area contributed by atoms with Crippen molar-refractivity contribution in [3.8, 4) is 45.6 Å². The summed E-state index contributed by atoms with van der Waals surface area (Å²) in [5.74, 6) is 1.61. The standard InChI is InChI=1S/C32H17ClN8O3S/c33-23-14-15(45(42,43)44)13-22-24(23)32-40-30-21-12-6-5-11-20(21)28(38-30)36-26-17-8-2-1-7-16(17)25(34-26)35-27-18-9-3-4-10-19(18)29(37-27)39-31(22)41-32/h1-14H,(H,42,43,44)(H2,34,35,36,37,38,39,40,41). The third-order valence-corrected chi connectivity index (χ3v) is 9.01. The van der Waals surface area contributed by atoms with Crippen LogP contribution in [0, 0.1) is 0 Å². The zero-order chi connectivity index (χ0) is 30.4. The first-order chi connectivity index (χ1) is 21.8. The molecule has 0 unspecified atom stereocenters. The summed E-state index contributed by atoms with van der Waals surface area (Å²) >= 11 is 6.67. The molecular weight excluding hydrogens is 612 g/mol. The minimum atomic E-state index is -4.58. The molecule has 2 aliphatic rings. The van der Waals surface area contributed by atoms with E-state index >= 15 is 0 Å². The van der Waals surface area contributed by atoms with Crippen molar-refractivity contribution in [1.82, 2.24) is 39.9 Å². The molecule has 5 heterocycles. The molecule has 11 nitrogen and oxygen atoms in total. The Kier molecular flexibility index (Phi) is 5.31. The maximum atomic E-state index is 12.2. The molecule has 0 aliphatic carbocycles. The van der Waals surface area contributed by atoms with Gasteiger partial charge in [-0.3, -0.25) is 4.55 Å². The number of aromatic amines is 2. The summed E-state index contributed by atoms with van der Waals surface area (Å²) in [6.07, 6.45) is 0.